The third-order valence-electron chi connectivity index (χ3n) is 3.62. The fourth-order valence-electron chi connectivity index (χ4n) is 2.25. The summed E-state index contributed by atoms with van der Waals surface area (Å²) in [7, 11) is 0. The third kappa shape index (κ3) is 6.10. The van der Waals surface area contributed by atoms with Gasteiger partial charge in [0.05, 0.1) is 13.2 Å². The molecule has 0 bridgehead atoms. The Morgan fingerprint density at radius 2 is 2.04 bits per heavy atom. The number of nitrogens with zero attached hydrogens (tertiary/aromatic N) is 1. The molecule has 0 spiro atoms. The van der Waals surface area contributed by atoms with E-state index in [4.69, 9.17) is 4.74 Å². The summed E-state index contributed by atoms with van der Waals surface area (Å²) in [4.78, 5) is 15.8. The SMILES string of the molecule is CCOC(=O)CNc1ccc(CN=CC2=CC=C(C)CC2)cc1. The van der Waals surface area contributed by atoms with Crippen molar-refractivity contribution in [3.8, 4) is 0 Å². The Labute approximate surface area is 138 Å². The first-order valence-electron chi connectivity index (χ1n) is 8.02. The number of rotatable bonds is 7. The lowest BCUT2D eigenvalue weighted by molar-refractivity contribution is -0.140. The number of aliphatic imine (C=N–C) groups is 1. The van der Waals surface area contributed by atoms with Gasteiger partial charge < -0.3 is 10.1 Å². The van der Waals surface area contributed by atoms with Crippen LogP contribution in [0.1, 0.15) is 32.3 Å². The molecule has 0 fully saturated rings. The molecular formula is C19H24N2O2. The van der Waals surface area contributed by atoms with Gasteiger partial charge in [0.1, 0.15) is 6.54 Å². The fourth-order valence-corrected chi connectivity index (χ4v) is 2.25. The summed E-state index contributed by atoms with van der Waals surface area (Å²) in [6.07, 6.45) is 8.47. The van der Waals surface area contributed by atoms with E-state index in [1.54, 1.807) is 6.92 Å². The minimum Gasteiger partial charge on any atom is -0.465 e. The maximum Gasteiger partial charge on any atom is 0.325 e. The minimum atomic E-state index is -0.244. The first-order chi connectivity index (χ1) is 11.2. The molecule has 0 unspecified atom stereocenters. The van der Waals surface area contributed by atoms with Crippen LogP contribution < -0.4 is 5.32 Å². The van der Waals surface area contributed by atoms with E-state index in [1.165, 1.54) is 11.1 Å². The highest BCUT2D eigenvalue weighted by Crippen LogP contribution is 2.16. The van der Waals surface area contributed by atoms with Crippen LogP contribution in [0.4, 0.5) is 5.69 Å². The molecule has 0 amide bonds. The van der Waals surface area contributed by atoms with Crippen molar-refractivity contribution in [1.29, 1.82) is 0 Å². The molecule has 0 atom stereocenters. The maximum absolute atomic E-state index is 11.3. The Hall–Kier alpha value is -2.36. The number of nitrogens with one attached hydrogen (secondary N) is 1. The van der Waals surface area contributed by atoms with Gasteiger partial charge in [-0.1, -0.05) is 29.9 Å². The van der Waals surface area contributed by atoms with E-state index < -0.39 is 0 Å². The number of carbonyl (C=O) groups is 1. The van der Waals surface area contributed by atoms with Crippen molar-refractivity contribution in [1.82, 2.24) is 0 Å². The minimum absolute atomic E-state index is 0.187. The molecule has 4 heteroatoms. The van der Waals surface area contributed by atoms with Gasteiger partial charge in [-0.2, -0.15) is 0 Å². The summed E-state index contributed by atoms with van der Waals surface area (Å²) in [6.45, 7) is 5.21. The monoisotopic (exact) mass is 312 g/mol. The number of allylic oxidation sites excluding steroid dienone is 4. The van der Waals surface area contributed by atoms with Crippen LogP contribution in [0.3, 0.4) is 0 Å². The Morgan fingerprint density at radius 1 is 1.26 bits per heavy atom. The van der Waals surface area contributed by atoms with Gasteiger partial charge in [-0.05, 0) is 50.0 Å². The highest BCUT2D eigenvalue weighted by atomic mass is 16.5. The second-order valence-corrected chi connectivity index (χ2v) is 5.58. The van der Waals surface area contributed by atoms with Crippen LogP contribution in [0.2, 0.25) is 0 Å². The molecule has 4 nitrogen and oxygen atoms in total. The first kappa shape index (κ1) is 17.0. The van der Waals surface area contributed by atoms with Gasteiger partial charge in [0.25, 0.3) is 0 Å². The fraction of sp³-hybridized carbons (Fsp3) is 0.368. The van der Waals surface area contributed by atoms with Gasteiger partial charge in [0, 0.05) is 11.9 Å². The maximum atomic E-state index is 11.3. The summed E-state index contributed by atoms with van der Waals surface area (Å²) in [5.74, 6) is -0.244. The lowest BCUT2D eigenvalue weighted by Crippen LogP contribution is -2.16. The number of anilines is 1. The Balaban J connectivity index is 1.80. The molecule has 122 valence electrons. The van der Waals surface area contributed by atoms with E-state index in [0.29, 0.717) is 13.2 Å². The molecule has 23 heavy (non-hydrogen) atoms. The van der Waals surface area contributed by atoms with Crippen molar-refractivity contribution in [3.05, 3.63) is 53.1 Å². The molecule has 0 saturated heterocycles. The molecule has 0 radical (unpaired) electrons. The predicted molar refractivity (Wildman–Crippen MR) is 94.8 cm³/mol. The van der Waals surface area contributed by atoms with E-state index in [0.717, 1.165) is 24.1 Å². The summed E-state index contributed by atoms with van der Waals surface area (Å²) < 4.78 is 4.87. The van der Waals surface area contributed by atoms with Crippen LogP contribution in [0.25, 0.3) is 0 Å². The number of hydrogen-bond acceptors (Lipinski definition) is 4. The average Bonchev–Trinajstić information content (AvgIpc) is 2.56. The normalized spacial score (nSPS) is 14.3. The Bertz CT molecular complexity index is 613. The number of esters is 1. The van der Waals surface area contributed by atoms with Crippen LogP contribution in [-0.2, 0) is 16.1 Å². The number of hydrogen-bond donors (Lipinski definition) is 1. The van der Waals surface area contributed by atoms with E-state index in [-0.39, 0.29) is 12.5 Å². The number of carbonyl (C=O) groups excluding carboxylic acids is 1. The van der Waals surface area contributed by atoms with E-state index in [9.17, 15) is 4.79 Å². The van der Waals surface area contributed by atoms with Crippen molar-refractivity contribution in [3.63, 3.8) is 0 Å². The van der Waals surface area contributed by atoms with Crippen LogP contribution in [0.5, 0.6) is 0 Å². The van der Waals surface area contributed by atoms with E-state index in [1.807, 2.05) is 30.5 Å². The van der Waals surface area contributed by atoms with Crippen LogP contribution in [-0.4, -0.2) is 25.3 Å². The topological polar surface area (TPSA) is 50.7 Å². The van der Waals surface area contributed by atoms with Gasteiger partial charge >= 0.3 is 5.97 Å². The third-order valence-corrected chi connectivity index (χ3v) is 3.62. The lowest BCUT2D eigenvalue weighted by Gasteiger charge is -2.08. The highest BCUT2D eigenvalue weighted by molar-refractivity contribution is 5.79. The summed E-state index contributed by atoms with van der Waals surface area (Å²) in [6, 6.07) is 7.94. The molecule has 0 aliphatic heterocycles. The molecule has 1 aliphatic carbocycles. The smallest absolute Gasteiger partial charge is 0.325 e. The van der Waals surface area contributed by atoms with Crippen LogP contribution in [0.15, 0.2) is 52.6 Å². The van der Waals surface area contributed by atoms with Gasteiger partial charge in [-0.3, -0.25) is 9.79 Å². The van der Waals surface area contributed by atoms with Crippen molar-refractivity contribution in [2.24, 2.45) is 4.99 Å². The molecule has 0 aromatic heterocycles. The van der Waals surface area contributed by atoms with Crippen molar-refractivity contribution < 1.29 is 9.53 Å². The molecule has 2 rings (SSSR count). The Kier molecular flexibility index (Phi) is 6.60. The number of ether oxygens (including phenoxy) is 1. The average molecular weight is 312 g/mol. The van der Waals surface area contributed by atoms with Crippen LogP contribution >= 0.6 is 0 Å². The largest absolute Gasteiger partial charge is 0.465 e. The first-order valence-corrected chi connectivity index (χ1v) is 8.02. The summed E-state index contributed by atoms with van der Waals surface area (Å²) >= 11 is 0. The highest BCUT2D eigenvalue weighted by Gasteiger charge is 2.02. The van der Waals surface area contributed by atoms with Crippen molar-refractivity contribution in [2.45, 2.75) is 33.2 Å². The van der Waals surface area contributed by atoms with Gasteiger partial charge in [-0.15, -0.1) is 0 Å². The Morgan fingerprint density at radius 3 is 2.70 bits per heavy atom. The molecule has 1 N–H and O–H groups in total. The molecule has 1 aromatic rings. The van der Waals surface area contributed by atoms with E-state index >= 15 is 0 Å². The van der Waals surface area contributed by atoms with Gasteiger partial charge in [0.15, 0.2) is 0 Å². The summed E-state index contributed by atoms with van der Waals surface area (Å²) in [5, 5.41) is 3.04. The number of benzene rings is 1. The molecule has 0 saturated carbocycles. The zero-order valence-electron chi connectivity index (χ0n) is 13.8. The second-order valence-electron chi connectivity index (χ2n) is 5.58. The molecule has 0 heterocycles. The quantitative estimate of drug-likeness (QED) is 0.613. The zero-order valence-corrected chi connectivity index (χ0v) is 13.8. The zero-order chi connectivity index (χ0) is 16.5. The summed E-state index contributed by atoms with van der Waals surface area (Å²) in [5.41, 5.74) is 4.75. The molecular weight excluding hydrogens is 288 g/mol. The molecule has 1 aromatic carbocycles. The van der Waals surface area contributed by atoms with E-state index in [2.05, 4.69) is 29.4 Å². The molecule has 1 aliphatic rings. The van der Waals surface area contributed by atoms with Crippen molar-refractivity contribution >= 4 is 17.9 Å². The lowest BCUT2D eigenvalue weighted by atomic mass is 10.0. The van der Waals surface area contributed by atoms with Crippen LogP contribution in [0, 0.1) is 0 Å². The van der Waals surface area contributed by atoms with Gasteiger partial charge in [0.2, 0.25) is 0 Å². The van der Waals surface area contributed by atoms with Gasteiger partial charge in [-0.25, -0.2) is 0 Å². The standard InChI is InChI=1S/C19H24N2O2/c1-3-23-19(22)14-21-18-10-8-17(9-11-18)13-20-12-16-6-4-15(2)5-7-16/h4,6,8-12,21H,3,5,7,13-14H2,1-2H3. The predicted octanol–water partition coefficient (Wildman–Crippen LogP) is 3.90. The van der Waals surface area contributed by atoms with Crippen molar-refractivity contribution in [2.75, 3.05) is 18.5 Å². The second kappa shape index (κ2) is 8.93.